The number of aromatic nitrogens is 5. The number of anilines is 1. The van der Waals surface area contributed by atoms with E-state index in [1.54, 1.807) is 24.4 Å². The number of carbonyl (C=O) groups is 1. The monoisotopic (exact) mass is 548 g/mol. The molecule has 0 aliphatic heterocycles. The van der Waals surface area contributed by atoms with Gasteiger partial charge in [0.05, 0.1) is 5.69 Å². The van der Waals surface area contributed by atoms with Crippen molar-refractivity contribution in [2.75, 3.05) is 5.32 Å². The van der Waals surface area contributed by atoms with Crippen molar-refractivity contribution in [1.29, 1.82) is 0 Å². The van der Waals surface area contributed by atoms with E-state index in [9.17, 15) is 4.79 Å². The van der Waals surface area contributed by atoms with Crippen LogP contribution in [0.25, 0.3) is 11.2 Å². The molecule has 4 N–H and O–H groups in total. The molecule has 2 atom stereocenters. The third-order valence-corrected chi connectivity index (χ3v) is 8.50. The highest BCUT2D eigenvalue weighted by atomic mass is 19.1. The lowest BCUT2D eigenvalue weighted by molar-refractivity contribution is 0.205. The van der Waals surface area contributed by atoms with Gasteiger partial charge in [-0.05, 0) is 82.3 Å². The molecule has 0 radical (unpaired) electrons. The summed E-state index contributed by atoms with van der Waals surface area (Å²) >= 11 is 0. The van der Waals surface area contributed by atoms with Crippen LogP contribution in [0.3, 0.4) is 0 Å². The zero-order valence-electron chi connectivity index (χ0n) is 23.1. The van der Waals surface area contributed by atoms with Crippen molar-refractivity contribution < 1.29 is 14.3 Å². The highest BCUT2D eigenvalue weighted by Crippen LogP contribution is 2.39. The first-order chi connectivity index (χ1) is 19.2. The fraction of sp³-hybridized carbons (Fsp3) is 0.517. The summed E-state index contributed by atoms with van der Waals surface area (Å²) in [5.74, 6) is 1.48. The van der Waals surface area contributed by atoms with Crippen LogP contribution >= 0.6 is 0 Å². The fourth-order valence-corrected chi connectivity index (χ4v) is 5.83. The average molecular weight is 549 g/mol. The van der Waals surface area contributed by atoms with Gasteiger partial charge in [-0.1, -0.05) is 18.6 Å². The second-order valence-corrected chi connectivity index (χ2v) is 11.3. The summed E-state index contributed by atoms with van der Waals surface area (Å²) in [6, 6.07) is 5.22. The van der Waals surface area contributed by atoms with Gasteiger partial charge in [0.2, 0.25) is 5.67 Å². The minimum atomic E-state index is -2.03. The Bertz CT molecular complexity index is 1410. The van der Waals surface area contributed by atoms with Crippen molar-refractivity contribution in [2.24, 2.45) is 28.5 Å². The van der Waals surface area contributed by atoms with Gasteiger partial charge in [0.15, 0.2) is 28.9 Å². The van der Waals surface area contributed by atoms with Crippen molar-refractivity contribution in [1.82, 2.24) is 24.5 Å². The second kappa shape index (κ2) is 11.3. The molecule has 0 spiro atoms. The van der Waals surface area contributed by atoms with E-state index in [-0.39, 0.29) is 34.9 Å². The lowest BCUT2D eigenvalue weighted by Gasteiger charge is -2.32. The molecule has 40 heavy (non-hydrogen) atoms. The number of hydrogen-bond donors (Lipinski definition) is 3. The van der Waals surface area contributed by atoms with Crippen molar-refractivity contribution >= 4 is 28.9 Å². The van der Waals surface area contributed by atoms with Gasteiger partial charge in [-0.3, -0.25) is 4.98 Å². The Balaban J connectivity index is 1.68. The summed E-state index contributed by atoms with van der Waals surface area (Å²) in [5, 5.41) is 12.7. The Morgan fingerprint density at radius 2 is 2.02 bits per heavy atom. The van der Waals surface area contributed by atoms with Crippen LogP contribution in [-0.4, -0.2) is 47.6 Å². The van der Waals surface area contributed by atoms with Crippen LogP contribution in [0.2, 0.25) is 0 Å². The third-order valence-electron chi connectivity index (χ3n) is 8.50. The number of allylic oxidation sites excluding steroid dienone is 1. The van der Waals surface area contributed by atoms with E-state index < -0.39 is 11.8 Å². The normalized spacial score (nSPS) is 22.3. The minimum absolute atomic E-state index is 0.0701. The highest BCUT2D eigenvalue weighted by Gasteiger charge is 2.38. The van der Waals surface area contributed by atoms with E-state index in [1.807, 2.05) is 10.6 Å². The number of amidine groups is 1. The van der Waals surface area contributed by atoms with E-state index in [4.69, 9.17) is 15.8 Å². The molecule has 212 valence electrons. The Kier molecular flexibility index (Phi) is 7.82. The SMILES string of the molecule is C=CC1CCC(Cn2c(C(C)(F)c3ccccn3)nc3nc(C(N)=NC(=O)O)nc(NC(C)C4CCC4)c32)CC1. The smallest absolute Gasteiger partial charge is 0.433 e. The molecule has 11 heteroatoms. The molecule has 3 heterocycles. The molecule has 0 saturated heterocycles. The Morgan fingerprint density at radius 1 is 1.27 bits per heavy atom. The summed E-state index contributed by atoms with van der Waals surface area (Å²) in [7, 11) is 0. The zero-order chi connectivity index (χ0) is 28.4. The first-order valence-electron chi connectivity index (χ1n) is 14.0. The molecule has 0 bridgehead atoms. The summed E-state index contributed by atoms with van der Waals surface area (Å²) in [6.07, 6.45) is 9.58. The van der Waals surface area contributed by atoms with Crippen molar-refractivity contribution in [3.63, 3.8) is 0 Å². The number of rotatable bonds is 9. The van der Waals surface area contributed by atoms with Crippen LogP contribution < -0.4 is 11.1 Å². The summed E-state index contributed by atoms with van der Waals surface area (Å²) in [4.78, 5) is 32.8. The van der Waals surface area contributed by atoms with Gasteiger partial charge in [-0.2, -0.15) is 4.99 Å². The number of nitrogens with two attached hydrogens (primary N) is 1. The standard InChI is InChI=1S/C29H37FN8O2/c1-4-18-11-13-19(14-12-18)16-38-22-24(33-17(2)20-8-7-9-20)35-26(23(31)34-28(39)40)36-25(22)37-27(38)29(3,30)21-10-5-6-15-32-21/h4-6,10,15,17-20H,1,7-9,11-14,16H2,2-3H3,(H2,31,34)(H,39,40)(H,33,35,36). The van der Waals surface area contributed by atoms with Gasteiger partial charge in [-0.15, -0.1) is 6.58 Å². The van der Waals surface area contributed by atoms with Gasteiger partial charge in [0, 0.05) is 18.8 Å². The summed E-state index contributed by atoms with van der Waals surface area (Å²) in [6.45, 7) is 8.05. The van der Waals surface area contributed by atoms with Crippen LogP contribution in [-0.2, 0) is 12.2 Å². The zero-order valence-corrected chi connectivity index (χ0v) is 23.1. The van der Waals surface area contributed by atoms with Crippen molar-refractivity contribution in [3.8, 4) is 0 Å². The number of amides is 1. The van der Waals surface area contributed by atoms with Gasteiger partial charge < -0.3 is 20.7 Å². The maximum absolute atomic E-state index is 16.8. The first kappa shape index (κ1) is 27.7. The highest BCUT2D eigenvalue weighted by molar-refractivity contribution is 6.01. The van der Waals surface area contributed by atoms with E-state index in [2.05, 4.69) is 38.8 Å². The Morgan fingerprint density at radius 3 is 2.62 bits per heavy atom. The number of imidazole rings is 1. The molecule has 2 unspecified atom stereocenters. The molecular formula is C29H37FN8O2. The van der Waals surface area contributed by atoms with Gasteiger partial charge in [0.25, 0.3) is 0 Å². The van der Waals surface area contributed by atoms with E-state index >= 15 is 4.39 Å². The van der Waals surface area contributed by atoms with Crippen LogP contribution in [0.4, 0.5) is 15.0 Å². The molecule has 2 aliphatic rings. The largest absolute Gasteiger partial charge is 0.463 e. The van der Waals surface area contributed by atoms with Crippen LogP contribution in [0.1, 0.15) is 76.1 Å². The molecule has 3 aromatic rings. The number of nitrogens with one attached hydrogen (secondary N) is 1. The van der Waals surface area contributed by atoms with Gasteiger partial charge in [0.1, 0.15) is 5.52 Å². The predicted molar refractivity (Wildman–Crippen MR) is 152 cm³/mol. The topological polar surface area (TPSA) is 144 Å². The molecule has 10 nitrogen and oxygen atoms in total. The first-order valence-corrected chi connectivity index (χ1v) is 14.0. The second-order valence-electron chi connectivity index (χ2n) is 11.3. The molecule has 2 fully saturated rings. The Labute approximate surface area is 233 Å². The van der Waals surface area contributed by atoms with E-state index in [0.717, 1.165) is 38.5 Å². The quantitative estimate of drug-likeness (QED) is 0.182. The Hall–Kier alpha value is -3.89. The van der Waals surface area contributed by atoms with Crippen molar-refractivity contribution in [2.45, 2.75) is 77.0 Å². The number of fused-ring (bicyclic) bond motifs is 1. The number of halogens is 1. The molecule has 0 aromatic carbocycles. The van der Waals surface area contributed by atoms with E-state index in [0.29, 0.717) is 35.6 Å². The molecular weight excluding hydrogens is 511 g/mol. The number of carboxylic acid groups (broad SMARTS) is 1. The lowest BCUT2D eigenvalue weighted by atomic mass is 9.80. The maximum Gasteiger partial charge on any atom is 0.433 e. The summed E-state index contributed by atoms with van der Waals surface area (Å²) in [5.41, 5.74) is 4.97. The van der Waals surface area contributed by atoms with E-state index in [1.165, 1.54) is 13.3 Å². The van der Waals surface area contributed by atoms with Gasteiger partial charge >= 0.3 is 6.09 Å². The lowest BCUT2D eigenvalue weighted by Crippen LogP contribution is -2.32. The van der Waals surface area contributed by atoms with Crippen LogP contribution in [0.15, 0.2) is 42.0 Å². The van der Waals surface area contributed by atoms with Crippen LogP contribution in [0.5, 0.6) is 0 Å². The fourth-order valence-electron chi connectivity index (χ4n) is 5.83. The van der Waals surface area contributed by atoms with Crippen molar-refractivity contribution in [3.05, 3.63) is 54.4 Å². The van der Waals surface area contributed by atoms with Gasteiger partial charge in [-0.25, -0.2) is 24.1 Å². The number of hydrogen-bond acceptors (Lipinski definition) is 6. The predicted octanol–water partition coefficient (Wildman–Crippen LogP) is 5.43. The number of pyridine rings is 1. The molecule has 3 aromatic heterocycles. The average Bonchev–Trinajstić information content (AvgIpc) is 3.27. The minimum Gasteiger partial charge on any atom is -0.463 e. The number of alkyl halides is 1. The third kappa shape index (κ3) is 5.55. The number of nitrogens with zero attached hydrogens (tertiary/aromatic N) is 6. The summed E-state index contributed by atoms with van der Waals surface area (Å²) < 4.78 is 18.7. The maximum atomic E-state index is 16.8. The molecule has 2 aliphatic carbocycles. The number of aliphatic imine (C=N–C) groups is 1. The van der Waals surface area contributed by atoms with Crippen LogP contribution in [0, 0.1) is 17.8 Å². The molecule has 5 rings (SSSR count). The molecule has 2 saturated carbocycles. The molecule has 1 amide bonds.